The van der Waals surface area contributed by atoms with Gasteiger partial charge in [0.1, 0.15) is 0 Å². The minimum absolute atomic E-state index is 0.0368. The van der Waals surface area contributed by atoms with Gasteiger partial charge in [-0.15, -0.1) is 0 Å². The minimum Gasteiger partial charge on any atom is -0.369 e. The van der Waals surface area contributed by atoms with Crippen molar-refractivity contribution in [3.8, 4) is 0 Å². The van der Waals surface area contributed by atoms with E-state index in [1.165, 1.54) is 0 Å². The number of likely N-dealkylation sites (N-methyl/N-ethyl adjacent to an activating group) is 1. The van der Waals surface area contributed by atoms with Crippen molar-refractivity contribution in [1.29, 1.82) is 0 Å². The van der Waals surface area contributed by atoms with Gasteiger partial charge in [0.05, 0.1) is 21.7 Å². The van der Waals surface area contributed by atoms with Gasteiger partial charge in [0.25, 0.3) is 5.91 Å². The van der Waals surface area contributed by atoms with Gasteiger partial charge >= 0.3 is 0 Å². The van der Waals surface area contributed by atoms with E-state index in [0.29, 0.717) is 5.69 Å². The third kappa shape index (κ3) is 4.15. The van der Waals surface area contributed by atoms with Gasteiger partial charge in [0.15, 0.2) is 9.84 Å². The summed E-state index contributed by atoms with van der Waals surface area (Å²) in [5.41, 5.74) is 2.29. The maximum Gasteiger partial charge on any atom is 0.257 e. The highest BCUT2D eigenvalue weighted by Crippen LogP contribution is 2.27. The molecule has 2 aromatic carbocycles. The third-order valence-electron chi connectivity index (χ3n) is 5.37. The summed E-state index contributed by atoms with van der Waals surface area (Å²) < 4.78 is 25.0. The number of anilines is 2. The first-order valence-corrected chi connectivity index (χ1v) is 11.6. The molecule has 1 fully saturated rings. The average Bonchev–Trinajstić information content (AvgIpc) is 2.73. The summed E-state index contributed by atoms with van der Waals surface area (Å²) in [4.78, 5) is 21.7. The smallest absolute Gasteiger partial charge is 0.257 e. The molecule has 4 rings (SSSR count). The van der Waals surface area contributed by atoms with Crippen LogP contribution >= 0.6 is 0 Å². The summed E-state index contributed by atoms with van der Waals surface area (Å²) >= 11 is 0. The van der Waals surface area contributed by atoms with Gasteiger partial charge in [-0.3, -0.25) is 9.78 Å². The average molecular weight is 425 g/mol. The Morgan fingerprint density at radius 3 is 2.53 bits per heavy atom. The van der Waals surface area contributed by atoms with Gasteiger partial charge in [-0.2, -0.15) is 0 Å². The number of nitrogens with zero attached hydrogens (tertiary/aromatic N) is 3. The molecule has 0 radical (unpaired) electrons. The molecule has 8 heteroatoms. The molecule has 1 amide bonds. The topological polar surface area (TPSA) is 82.6 Å². The Bertz CT molecular complexity index is 1200. The summed E-state index contributed by atoms with van der Waals surface area (Å²) in [5.74, 6) is -0.461. The lowest BCUT2D eigenvalue weighted by Crippen LogP contribution is -2.44. The van der Waals surface area contributed by atoms with Crippen LogP contribution in [0.2, 0.25) is 0 Å². The first kappa shape index (κ1) is 20.3. The lowest BCUT2D eigenvalue weighted by Gasteiger charge is -2.34. The van der Waals surface area contributed by atoms with Crippen molar-refractivity contribution in [2.45, 2.75) is 4.90 Å². The first-order valence-electron chi connectivity index (χ1n) is 9.75. The summed E-state index contributed by atoms with van der Waals surface area (Å²) in [6, 6.07) is 14.1. The quantitative estimate of drug-likeness (QED) is 0.693. The molecular weight excluding hydrogens is 400 g/mol. The predicted octanol–water partition coefficient (Wildman–Crippen LogP) is 2.64. The molecule has 0 bridgehead atoms. The number of aromatic nitrogens is 1. The van der Waals surface area contributed by atoms with Gasteiger partial charge in [0.2, 0.25) is 0 Å². The summed E-state index contributed by atoms with van der Waals surface area (Å²) in [6.07, 6.45) is 2.82. The zero-order valence-corrected chi connectivity index (χ0v) is 17.8. The van der Waals surface area contributed by atoms with Gasteiger partial charge in [0, 0.05) is 49.7 Å². The second kappa shape index (κ2) is 8.04. The van der Waals surface area contributed by atoms with Crippen molar-refractivity contribution in [2.75, 3.05) is 49.7 Å². The number of rotatable bonds is 4. The van der Waals surface area contributed by atoms with Crippen LogP contribution in [-0.2, 0) is 9.84 Å². The number of pyridine rings is 1. The van der Waals surface area contributed by atoms with Crippen molar-refractivity contribution in [2.24, 2.45) is 0 Å². The molecule has 1 aromatic heterocycles. The van der Waals surface area contributed by atoms with Crippen LogP contribution < -0.4 is 10.2 Å². The molecule has 30 heavy (non-hydrogen) atoms. The summed E-state index contributed by atoms with van der Waals surface area (Å²) in [5, 5.41) is 3.65. The number of piperazine rings is 1. The second-order valence-electron chi connectivity index (χ2n) is 7.57. The Labute approximate surface area is 176 Å². The molecule has 1 aliphatic heterocycles. The van der Waals surface area contributed by atoms with E-state index in [-0.39, 0.29) is 10.5 Å². The lowest BCUT2D eigenvalue weighted by molar-refractivity contribution is 0.102. The van der Waals surface area contributed by atoms with Crippen LogP contribution in [0.3, 0.4) is 0 Å². The number of carbonyl (C=O) groups is 1. The molecule has 0 spiro atoms. The summed E-state index contributed by atoms with van der Waals surface area (Å²) in [6.45, 7) is 3.44. The van der Waals surface area contributed by atoms with Crippen molar-refractivity contribution >= 4 is 38.0 Å². The van der Waals surface area contributed by atoms with Crippen LogP contribution in [0.1, 0.15) is 10.4 Å². The number of benzene rings is 2. The number of amides is 1. The van der Waals surface area contributed by atoms with Crippen LogP contribution in [0.4, 0.5) is 11.4 Å². The van der Waals surface area contributed by atoms with Crippen molar-refractivity contribution < 1.29 is 13.2 Å². The molecule has 1 N–H and O–H groups in total. The molecule has 2 heterocycles. The second-order valence-corrected chi connectivity index (χ2v) is 9.56. The predicted molar refractivity (Wildman–Crippen MR) is 119 cm³/mol. The molecule has 7 nitrogen and oxygen atoms in total. The van der Waals surface area contributed by atoms with E-state index >= 15 is 0 Å². The molecule has 1 aliphatic rings. The Morgan fingerprint density at radius 2 is 1.80 bits per heavy atom. The van der Waals surface area contributed by atoms with Crippen LogP contribution in [0, 0.1) is 0 Å². The Morgan fingerprint density at radius 1 is 1.03 bits per heavy atom. The standard InChI is InChI=1S/C22H24N4O3S/c1-25-11-13-26(14-12-25)16-8-9-18(21(15-16)30(2,28)29)22(27)24-20-7-3-6-19-17(20)5-4-10-23-19/h3-10,15H,11-14H2,1-2H3,(H,24,27). The Kier molecular flexibility index (Phi) is 5.44. The molecule has 156 valence electrons. The third-order valence-corrected chi connectivity index (χ3v) is 6.51. The fourth-order valence-corrected chi connectivity index (χ4v) is 4.56. The van der Waals surface area contributed by atoms with Gasteiger partial charge in [-0.25, -0.2) is 8.42 Å². The SMILES string of the molecule is CN1CCN(c2ccc(C(=O)Nc3cccc4ncccc34)c(S(C)(=O)=O)c2)CC1. The molecule has 0 aliphatic carbocycles. The zero-order valence-electron chi connectivity index (χ0n) is 17.0. The fourth-order valence-electron chi connectivity index (χ4n) is 3.67. The van der Waals surface area contributed by atoms with E-state index in [0.717, 1.165) is 49.0 Å². The first-order chi connectivity index (χ1) is 14.3. The lowest BCUT2D eigenvalue weighted by atomic mass is 10.1. The number of nitrogens with one attached hydrogen (secondary N) is 1. The molecular formula is C22H24N4O3S. The number of sulfone groups is 1. The van der Waals surface area contributed by atoms with Crippen LogP contribution in [-0.4, -0.2) is 63.7 Å². The highest BCUT2D eigenvalue weighted by molar-refractivity contribution is 7.90. The highest BCUT2D eigenvalue weighted by Gasteiger charge is 2.23. The van der Waals surface area contributed by atoms with Crippen molar-refractivity contribution in [1.82, 2.24) is 9.88 Å². The molecule has 0 saturated carbocycles. The van der Waals surface area contributed by atoms with E-state index < -0.39 is 15.7 Å². The zero-order chi connectivity index (χ0) is 21.3. The van der Waals surface area contributed by atoms with Crippen LogP contribution in [0.15, 0.2) is 59.6 Å². The van der Waals surface area contributed by atoms with E-state index in [1.54, 1.807) is 36.5 Å². The van der Waals surface area contributed by atoms with Crippen molar-refractivity contribution in [3.05, 3.63) is 60.3 Å². The summed E-state index contributed by atoms with van der Waals surface area (Å²) in [7, 11) is -1.53. The number of carbonyl (C=O) groups excluding carboxylic acids is 1. The molecule has 1 saturated heterocycles. The van der Waals surface area contributed by atoms with Crippen molar-refractivity contribution in [3.63, 3.8) is 0 Å². The number of fused-ring (bicyclic) bond motifs is 1. The van der Waals surface area contributed by atoms with Gasteiger partial charge in [-0.05, 0) is 49.5 Å². The molecule has 0 atom stereocenters. The van der Waals surface area contributed by atoms with Gasteiger partial charge in [-0.1, -0.05) is 6.07 Å². The van der Waals surface area contributed by atoms with Crippen LogP contribution in [0.25, 0.3) is 10.9 Å². The Hall–Kier alpha value is -2.97. The van der Waals surface area contributed by atoms with Crippen LogP contribution in [0.5, 0.6) is 0 Å². The maximum absolute atomic E-state index is 13.0. The van der Waals surface area contributed by atoms with Gasteiger partial charge < -0.3 is 15.1 Å². The number of hydrogen-bond donors (Lipinski definition) is 1. The van der Waals surface area contributed by atoms with E-state index in [2.05, 4.69) is 27.1 Å². The molecule has 3 aromatic rings. The highest BCUT2D eigenvalue weighted by atomic mass is 32.2. The maximum atomic E-state index is 13.0. The molecule has 0 unspecified atom stereocenters. The van der Waals surface area contributed by atoms with E-state index in [9.17, 15) is 13.2 Å². The Balaban J connectivity index is 1.68. The number of hydrogen-bond acceptors (Lipinski definition) is 6. The van der Waals surface area contributed by atoms with E-state index in [4.69, 9.17) is 0 Å². The minimum atomic E-state index is -3.60. The fraction of sp³-hybridized carbons (Fsp3) is 0.273. The van der Waals surface area contributed by atoms with E-state index in [1.807, 2.05) is 18.2 Å². The normalized spacial score (nSPS) is 15.3. The monoisotopic (exact) mass is 424 g/mol. The largest absolute Gasteiger partial charge is 0.369 e.